The highest BCUT2D eigenvalue weighted by Gasteiger charge is 2.14. The Morgan fingerprint density at radius 1 is 0.926 bits per heavy atom. The van der Waals surface area contributed by atoms with Gasteiger partial charge >= 0.3 is 11.7 Å². The van der Waals surface area contributed by atoms with E-state index in [9.17, 15) is 9.59 Å². The normalized spacial score (nSPS) is 11.1. The minimum Gasteiger partial charge on any atom is -0.481 e. The highest BCUT2D eigenvalue weighted by Crippen LogP contribution is 2.20. The topological polar surface area (TPSA) is 64.2 Å². The van der Waals surface area contributed by atoms with Crippen LogP contribution in [0.4, 0.5) is 0 Å². The van der Waals surface area contributed by atoms with Gasteiger partial charge < -0.3 is 5.11 Å². The minimum absolute atomic E-state index is 0.0654. The van der Waals surface area contributed by atoms with E-state index in [1.807, 2.05) is 41.0 Å². The number of carbonyl (C=O) groups is 1. The van der Waals surface area contributed by atoms with Crippen molar-refractivity contribution in [1.29, 1.82) is 0 Å². The number of aliphatic carboxylic acids is 1. The summed E-state index contributed by atoms with van der Waals surface area (Å²) in [6, 6.07) is 15.1. The number of carboxylic acid groups (broad SMARTS) is 1. The van der Waals surface area contributed by atoms with Crippen LogP contribution < -0.4 is 5.69 Å². The number of fused-ring (bicyclic) bond motifs is 1. The first-order valence-electron chi connectivity index (χ1n) is 9.26. The van der Waals surface area contributed by atoms with E-state index >= 15 is 0 Å². The molecule has 0 aliphatic rings. The third-order valence-corrected chi connectivity index (χ3v) is 4.91. The first kappa shape index (κ1) is 19.2. The smallest absolute Gasteiger partial charge is 0.333 e. The molecule has 0 aliphatic heterocycles. The Balaban J connectivity index is 1.76. The van der Waals surface area contributed by atoms with E-state index in [0.29, 0.717) is 18.0 Å². The minimum atomic E-state index is -0.740. The molecular formula is C21H23ClN2O3. The summed E-state index contributed by atoms with van der Waals surface area (Å²) in [7, 11) is 0. The molecule has 1 aromatic heterocycles. The zero-order valence-electron chi connectivity index (χ0n) is 15.1. The maximum absolute atomic E-state index is 13.1. The molecule has 142 valence electrons. The molecule has 1 heterocycles. The summed E-state index contributed by atoms with van der Waals surface area (Å²) in [6.45, 7) is 0.645. The lowest BCUT2D eigenvalue weighted by Gasteiger charge is -2.04. The number of halogens is 1. The van der Waals surface area contributed by atoms with Crippen LogP contribution in [0.1, 0.15) is 38.5 Å². The second-order valence-corrected chi connectivity index (χ2v) is 7.09. The molecule has 0 radical (unpaired) electrons. The number of hydrogen-bond acceptors (Lipinski definition) is 2. The molecule has 2 aromatic carbocycles. The van der Waals surface area contributed by atoms with Crippen LogP contribution in [0.15, 0.2) is 53.3 Å². The van der Waals surface area contributed by atoms with E-state index in [-0.39, 0.29) is 12.1 Å². The van der Waals surface area contributed by atoms with Crippen LogP contribution in [-0.2, 0) is 11.3 Å². The van der Waals surface area contributed by atoms with Crippen molar-refractivity contribution in [3.8, 4) is 5.69 Å². The van der Waals surface area contributed by atoms with Crippen LogP contribution >= 0.6 is 11.6 Å². The lowest BCUT2D eigenvalue weighted by Crippen LogP contribution is -2.23. The van der Waals surface area contributed by atoms with E-state index in [4.69, 9.17) is 16.7 Å². The summed E-state index contributed by atoms with van der Waals surface area (Å²) in [5, 5.41) is 9.26. The fourth-order valence-corrected chi connectivity index (χ4v) is 3.55. The van der Waals surface area contributed by atoms with E-state index in [0.717, 1.165) is 42.4 Å². The summed E-state index contributed by atoms with van der Waals surface area (Å²) in [6.07, 6.45) is 4.69. The molecule has 0 aliphatic carbocycles. The molecule has 0 unspecified atom stereocenters. The van der Waals surface area contributed by atoms with Crippen LogP contribution in [0, 0.1) is 0 Å². The predicted molar refractivity (Wildman–Crippen MR) is 108 cm³/mol. The Bertz CT molecular complexity index is 991. The Hall–Kier alpha value is -2.53. The number of nitrogens with zero attached hydrogens (tertiary/aromatic N) is 2. The zero-order valence-corrected chi connectivity index (χ0v) is 15.9. The van der Waals surface area contributed by atoms with E-state index in [1.165, 1.54) is 0 Å². The summed E-state index contributed by atoms with van der Waals surface area (Å²) in [4.78, 5) is 23.6. The number of benzene rings is 2. The zero-order chi connectivity index (χ0) is 19.2. The molecule has 0 amide bonds. The Morgan fingerprint density at radius 3 is 2.37 bits per heavy atom. The first-order chi connectivity index (χ1) is 13.1. The number of aryl methyl sites for hydroxylation is 1. The molecule has 0 atom stereocenters. The predicted octanol–water partition coefficient (Wildman–Crippen LogP) is 4.87. The second-order valence-electron chi connectivity index (χ2n) is 6.65. The molecule has 5 nitrogen and oxygen atoms in total. The van der Waals surface area contributed by atoms with Crippen molar-refractivity contribution < 1.29 is 9.90 Å². The van der Waals surface area contributed by atoms with E-state index in [1.54, 1.807) is 16.7 Å². The van der Waals surface area contributed by atoms with Crippen molar-refractivity contribution in [2.75, 3.05) is 0 Å². The molecule has 0 fully saturated rings. The largest absolute Gasteiger partial charge is 0.481 e. The molecule has 27 heavy (non-hydrogen) atoms. The third kappa shape index (κ3) is 4.61. The van der Waals surface area contributed by atoms with Crippen molar-refractivity contribution in [3.63, 3.8) is 0 Å². The highest BCUT2D eigenvalue weighted by molar-refractivity contribution is 6.30. The fourth-order valence-electron chi connectivity index (χ4n) is 3.37. The van der Waals surface area contributed by atoms with Crippen LogP contribution in [0.5, 0.6) is 0 Å². The number of para-hydroxylation sites is 2. The molecule has 6 heteroatoms. The molecule has 1 N–H and O–H groups in total. The lowest BCUT2D eigenvalue weighted by molar-refractivity contribution is -0.137. The van der Waals surface area contributed by atoms with Crippen molar-refractivity contribution in [3.05, 3.63) is 64.0 Å². The third-order valence-electron chi connectivity index (χ3n) is 4.67. The van der Waals surface area contributed by atoms with Gasteiger partial charge in [0, 0.05) is 18.0 Å². The van der Waals surface area contributed by atoms with Gasteiger partial charge in [0.05, 0.1) is 16.7 Å². The molecule has 0 bridgehead atoms. The molecular weight excluding hydrogens is 364 g/mol. The van der Waals surface area contributed by atoms with Gasteiger partial charge in [0.2, 0.25) is 0 Å². The van der Waals surface area contributed by atoms with Gasteiger partial charge in [0.1, 0.15) is 0 Å². The summed E-state index contributed by atoms with van der Waals surface area (Å²) in [5.41, 5.74) is 2.47. The van der Waals surface area contributed by atoms with Crippen molar-refractivity contribution in [2.24, 2.45) is 0 Å². The summed E-state index contributed by atoms with van der Waals surface area (Å²) in [5.74, 6) is -0.740. The van der Waals surface area contributed by atoms with Gasteiger partial charge in [-0.3, -0.25) is 13.9 Å². The van der Waals surface area contributed by atoms with Gasteiger partial charge in [-0.15, -0.1) is 0 Å². The molecule has 0 saturated heterocycles. The van der Waals surface area contributed by atoms with Crippen LogP contribution in [0.25, 0.3) is 16.7 Å². The number of carboxylic acids is 1. The van der Waals surface area contributed by atoms with Gasteiger partial charge in [0.25, 0.3) is 0 Å². The maximum Gasteiger partial charge on any atom is 0.333 e. The average molecular weight is 387 g/mol. The number of rotatable bonds is 9. The standard InChI is InChI=1S/C21H23ClN2O3/c22-16-9-8-10-17(15-16)24-19-12-6-5-11-18(19)23(21(24)27)14-7-3-1-2-4-13-20(25)26/h5-6,8-12,15H,1-4,7,13-14H2,(H,25,26). The second kappa shape index (κ2) is 8.91. The first-order valence-corrected chi connectivity index (χ1v) is 9.64. The molecule has 0 saturated carbocycles. The van der Waals surface area contributed by atoms with Gasteiger partial charge in [-0.25, -0.2) is 4.79 Å². The Morgan fingerprint density at radius 2 is 1.63 bits per heavy atom. The Labute approximate surface area is 162 Å². The summed E-state index contributed by atoms with van der Waals surface area (Å²) >= 11 is 6.11. The van der Waals surface area contributed by atoms with Gasteiger partial charge in [-0.05, 0) is 43.2 Å². The lowest BCUT2D eigenvalue weighted by atomic mass is 10.1. The molecule has 0 spiro atoms. The number of imidazole rings is 1. The SMILES string of the molecule is O=C(O)CCCCCCCn1c(=O)n(-c2cccc(Cl)c2)c2ccccc21. The maximum atomic E-state index is 13.1. The fraction of sp³-hybridized carbons (Fsp3) is 0.333. The Kier molecular flexibility index (Phi) is 6.35. The highest BCUT2D eigenvalue weighted by atomic mass is 35.5. The number of hydrogen-bond donors (Lipinski definition) is 1. The molecule has 3 rings (SSSR count). The monoisotopic (exact) mass is 386 g/mol. The van der Waals surface area contributed by atoms with Crippen LogP contribution in [-0.4, -0.2) is 20.2 Å². The van der Waals surface area contributed by atoms with E-state index < -0.39 is 5.97 Å². The van der Waals surface area contributed by atoms with Crippen LogP contribution in [0.2, 0.25) is 5.02 Å². The van der Waals surface area contributed by atoms with Gasteiger partial charge in [0.15, 0.2) is 0 Å². The quantitative estimate of drug-likeness (QED) is 0.533. The van der Waals surface area contributed by atoms with Crippen molar-refractivity contribution in [1.82, 2.24) is 9.13 Å². The summed E-state index contributed by atoms with van der Waals surface area (Å²) < 4.78 is 3.52. The average Bonchev–Trinajstić information content (AvgIpc) is 2.92. The van der Waals surface area contributed by atoms with Gasteiger partial charge in [-0.1, -0.05) is 49.1 Å². The molecule has 3 aromatic rings. The number of aromatic nitrogens is 2. The van der Waals surface area contributed by atoms with Crippen molar-refractivity contribution >= 4 is 28.6 Å². The van der Waals surface area contributed by atoms with Crippen molar-refractivity contribution in [2.45, 2.75) is 45.1 Å². The number of unbranched alkanes of at least 4 members (excludes halogenated alkanes) is 4. The van der Waals surface area contributed by atoms with Gasteiger partial charge in [-0.2, -0.15) is 0 Å². The van der Waals surface area contributed by atoms with Crippen LogP contribution in [0.3, 0.4) is 0 Å². The van der Waals surface area contributed by atoms with E-state index in [2.05, 4.69) is 0 Å².